The van der Waals surface area contributed by atoms with Gasteiger partial charge in [-0.3, -0.25) is 14.4 Å². The number of rotatable bonds is 6. The number of allylic oxidation sites excluding steroid dienone is 1. The van der Waals surface area contributed by atoms with E-state index in [1.807, 2.05) is 0 Å². The highest BCUT2D eigenvalue weighted by molar-refractivity contribution is 8.03. The van der Waals surface area contributed by atoms with E-state index < -0.39 is 11.7 Å². The van der Waals surface area contributed by atoms with E-state index in [4.69, 9.17) is 0 Å². The van der Waals surface area contributed by atoms with E-state index in [-0.39, 0.29) is 46.1 Å². The number of carbonyl (C=O) groups is 3. The first kappa shape index (κ1) is 22.1. The average Bonchev–Trinajstić information content (AvgIpc) is 2.73. The molecule has 0 fully saturated rings. The molecule has 1 heterocycles. The van der Waals surface area contributed by atoms with Crippen molar-refractivity contribution in [3.63, 3.8) is 0 Å². The maximum atomic E-state index is 14.2. The molecular weight excluding hydrogens is 419 g/mol. The molecule has 7 nitrogen and oxygen atoms in total. The smallest absolute Gasteiger partial charge is 0.234 e. The minimum atomic E-state index is -0.702. The molecule has 0 bridgehead atoms. The zero-order valence-corrected chi connectivity index (χ0v) is 17.4. The van der Waals surface area contributed by atoms with Gasteiger partial charge in [-0.25, -0.2) is 4.39 Å². The molecule has 2 aromatic carbocycles. The molecule has 2 aromatic rings. The third-order valence-corrected chi connectivity index (χ3v) is 5.49. The van der Waals surface area contributed by atoms with Crippen LogP contribution < -0.4 is 16.0 Å². The van der Waals surface area contributed by atoms with Crippen LogP contribution in [0.15, 0.2) is 59.1 Å². The van der Waals surface area contributed by atoms with Gasteiger partial charge in [0.15, 0.2) is 0 Å². The lowest BCUT2D eigenvalue weighted by molar-refractivity contribution is -0.121. The van der Waals surface area contributed by atoms with Crippen LogP contribution in [0.1, 0.15) is 24.8 Å². The molecule has 0 saturated heterocycles. The summed E-state index contributed by atoms with van der Waals surface area (Å²) in [6.07, 6.45) is -0.0409. The maximum absolute atomic E-state index is 14.2. The zero-order chi connectivity index (χ0) is 22.4. The van der Waals surface area contributed by atoms with Crippen molar-refractivity contribution in [1.82, 2.24) is 5.32 Å². The Morgan fingerprint density at radius 3 is 2.42 bits per heavy atom. The number of amides is 3. The Morgan fingerprint density at radius 2 is 1.81 bits per heavy atom. The average molecular weight is 438 g/mol. The van der Waals surface area contributed by atoms with Crippen molar-refractivity contribution in [3.05, 3.63) is 70.5 Å². The number of nitriles is 1. The number of nitrogens with zero attached hydrogens (tertiary/aromatic N) is 1. The first-order valence-electron chi connectivity index (χ1n) is 9.36. The number of nitrogens with one attached hydrogen (secondary N) is 3. The topological polar surface area (TPSA) is 111 Å². The molecule has 1 atom stereocenters. The number of halogens is 1. The molecule has 3 N–H and O–H groups in total. The number of carbonyl (C=O) groups excluding carboxylic acids is 3. The summed E-state index contributed by atoms with van der Waals surface area (Å²) in [5.41, 5.74) is 1.64. The van der Waals surface area contributed by atoms with Crippen LogP contribution in [0.5, 0.6) is 0 Å². The second kappa shape index (κ2) is 9.91. The van der Waals surface area contributed by atoms with Gasteiger partial charge in [-0.2, -0.15) is 5.26 Å². The fourth-order valence-electron chi connectivity index (χ4n) is 3.13. The van der Waals surface area contributed by atoms with Gasteiger partial charge in [0, 0.05) is 30.6 Å². The maximum Gasteiger partial charge on any atom is 0.234 e. The summed E-state index contributed by atoms with van der Waals surface area (Å²) >= 11 is 1.01. The Hall–Kier alpha value is -3.64. The van der Waals surface area contributed by atoms with Gasteiger partial charge in [-0.15, -0.1) is 0 Å². The highest BCUT2D eigenvalue weighted by Crippen LogP contribution is 2.36. The van der Waals surface area contributed by atoms with Crippen LogP contribution >= 0.6 is 11.8 Å². The first-order valence-corrected chi connectivity index (χ1v) is 10.3. The van der Waals surface area contributed by atoms with Crippen molar-refractivity contribution < 1.29 is 18.8 Å². The third kappa shape index (κ3) is 5.71. The van der Waals surface area contributed by atoms with Crippen molar-refractivity contribution in [1.29, 1.82) is 5.26 Å². The summed E-state index contributed by atoms with van der Waals surface area (Å²) in [6.45, 7) is 1.40. The Labute approximate surface area is 182 Å². The van der Waals surface area contributed by atoms with E-state index in [1.54, 1.807) is 42.5 Å². The minimum absolute atomic E-state index is 0.0409. The number of thioether (sulfide) groups is 1. The van der Waals surface area contributed by atoms with E-state index in [2.05, 4.69) is 22.0 Å². The van der Waals surface area contributed by atoms with E-state index in [9.17, 15) is 24.0 Å². The van der Waals surface area contributed by atoms with Gasteiger partial charge in [-0.05, 0) is 35.9 Å². The Balaban J connectivity index is 1.69. The number of hydrogen-bond donors (Lipinski definition) is 3. The van der Waals surface area contributed by atoms with Gasteiger partial charge < -0.3 is 16.0 Å². The second-order valence-corrected chi connectivity index (χ2v) is 7.76. The minimum Gasteiger partial charge on any atom is -0.326 e. The molecule has 1 aliphatic heterocycles. The molecule has 0 spiro atoms. The second-order valence-electron chi connectivity index (χ2n) is 6.78. The Morgan fingerprint density at radius 1 is 1.16 bits per heavy atom. The molecule has 3 rings (SSSR count). The van der Waals surface area contributed by atoms with Crippen molar-refractivity contribution >= 4 is 40.9 Å². The lowest BCUT2D eigenvalue weighted by Gasteiger charge is -2.25. The molecule has 0 unspecified atom stereocenters. The lowest BCUT2D eigenvalue weighted by atomic mass is 9.87. The number of anilines is 2. The molecule has 0 radical (unpaired) electrons. The lowest BCUT2D eigenvalue weighted by Crippen LogP contribution is -2.31. The van der Waals surface area contributed by atoms with Crippen LogP contribution in [0.4, 0.5) is 15.8 Å². The van der Waals surface area contributed by atoms with Crippen molar-refractivity contribution in [2.24, 2.45) is 0 Å². The highest BCUT2D eigenvalue weighted by Gasteiger charge is 2.31. The van der Waals surface area contributed by atoms with Crippen LogP contribution in [-0.2, 0) is 14.4 Å². The molecule has 1 aliphatic rings. The van der Waals surface area contributed by atoms with Crippen LogP contribution in [0.2, 0.25) is 0 Å². The summed E-state index contributed by atoms with van der Waals surface area (Å²) in [5, 5.41) is 17.8. The highest BCUT2D eigenvalue weighted by atomic mass is 32.2. The third-order valence-electron chi connectivity index (χ3n) is 4.47. The summed E-state index contributed by atoms with van der Waals surface area (Å²) in [4.78, 5) is 35.5. The van der Waals surface area contributed by atoms with Crippen LogP contribution in [0.3, 0.4) is 0 Å². The SMILES string of the molecule is CC(=O)Nc1ccc(NC(=O)CSC2=C(C#N)[C@H](c3ccccc3F)CC(=O)N2)cc1. The fourth-order valence-corrected chi connectivity index (χ4v) is 4.01. The zero-order valence-electron chi connectivity index (χ0n) is 16.6. The van der Waals surface area contributed by atoms with Gasteiger partial charge in [0.05, 0.1) is 22.4 Å². The Kier molecular flexibility index (Phi) is 7.05. The normalized spacial score (nSPS) is 15.6. The standard InChI is InChI=1S/C22H19FN4O3S/c1-13(28)25-14-6-8-15(9-7-14)26-21(30)12-31-22-18(11-24)17(10-20(29)27-22)16-4-2-3-5-19(16)23/h2-9,17H,10,12H2,1H3,(H,25,28)(H,26,30)(H,27,29)/t17-/m0/s1. The summed E-state index contributed by atoms with van der Waals surface area (Å²) in [6, 6.07) is 14.7. The van der Waals surface area contributed by atoms with Crippen molar-refractivity contribution in [3.8, 4) is 6.07 Å². The van der Waals surface area contributed by atoms with Crippen LogP contribution in [0.25, 0.3) is 0 Å². The van der Waals surface area contributed by atoms with Gasteiger partial charge in [0.25, 0.3) is 0 Å². The summed E-state index contributed by atoms with van der Waals surface area (Å²) < 4.78 is 14.2. The monoisotopic (exact) mass is 438 g/mol. The van der Waals surface area contributed by atoms with Gasteiger partial charge in [-0.1, -0.05) is 30.0 Å². The molecule has 31 heavy (non-hydrogen) atoms. The largest absolute Gasteiger partial charge is 0.326 e. The predicted molar refractivity (Wildman–Crippen MR) is 116 cm³/mol. The van der Waals surface area contributed by atoms with Crippen molar-refractivity contribution in [2.75, 3.05) is 16.4 Å². The molecule has 0 aromatic heterocycles. The fraction of sp³-hybridized carbons (Fsp3) is 0.182. The predicted octanol–water partition coefficient (Wildman–Crippen LogP) is 3.49. The van der Waals surface area contributed by atoms with Gasteiger partial charge >= 0.3 is 0 Å². The molecule has 158 valence electrons. The van der Waals surface area contributed by atoms with Crippen molar-refractivity contribution in [2.45, 2.75) is 19.3 Å². The summed E-state index contributed by atoms with van der Waals surface area (Å²) in [5.74, 6) is -2.13. The number of benzene rings is 2. The van der Waals surface area contributed by atoms with E-state index in [1.165, 1.54) is 13.0 Å². The first-order chi connectivity index (χ1) is 14.9. The molecule has 3 amide bonds. The van der Waals surface area contributed by atoms with Gasteiger partial charge in [0.2, 0.25) is 17.7 Å². The van der Waals surface area contributed by atoms with Crippen LogP contribution in [0, 0.1) is 17.1 Å². The molecular formula is C22H19FN4O3S. The number of hydrogen-bond acceptors (Lipinski definition) is 5. The molecule has 0 saturated carbocycles. The molecule has 9 heteroatoms. The van der Waals surface area contributed by atoms with E-state index >= 15 is 0 Å². The van der Waals surface area contributed by atoms with Crippen LogP contribution in [-0.4, -0.2) is 23.5 Å². The van der Waals surface area contributed by atoms with Gasteiger partial charge in [0.1, 0.15) is 5.82 Å². The van der Waals surface area contributed by atoms with E-state index in [0.717, 1.165) is 11.8 Å². The molecule has 0 aliphatic carbocycles. The quantitative estimate of drug-likeness (QED) is 0.639. The summed E-state index contributed by atoms with van der Waals surface area (Å²) in [7, 11) is 0. The Bertz CT molecular complexity index is 1090. The van der Waals surface area contributed by atoms with E-state index in [0.29, 0.717) is 11.4 Å².